The summed E-state index contributed by atoms with van der Waals surface area (Å²) in [4.78, 5) is 11.4. The Morgan fingerprint density at radius 3 is 2.79 bits per heavy atom. The number of ether oxygens (including phenoxy) is 1. The van der Waals surface area contributed by atoms with Gasteiger partial charge in [0.1, 0.15) is 10.8 Å². The lowest BCUT2D eigenvalue weighted by molar-refractivity contribution is -0.121. The molecule has 0 spiro atoms. The second kappa shape index (κ2) is 7.07. The molecule has 2 rings (SSSR count). The highest BCUT2D eigenvalue weighted by Crippen LogP contribution is 2.36. The first-order valence-corrected chi connectivity index (χ1v) is 8.13. The zero-order valence-corrected chi connectivity index (χ0v) is 15.0. The maximum absolute atomic E-state index is 14.7. The van der Waals surface area contributed by atoms with Crippen molar-refractivity contribution < 1.29 is 19.0 Å². The molecule has 5 nitrogen and oxygen atoms in total. The first-order chi connectivity index (χ1) is 11.2. The average molecular weight is 357 g/mol. The smallest absolute Gasteiger partial charge is 0.240 e. The van der Waals surface area contributed by atoms with E-state index in [1.54, 1.807) is 13.0 Å². The molecule has 7 heteroatoms. The molecule has 0 saturated carbocycles. The fourth-order valence-electron chi connectivity index (χ4n) is 2.39. The van der Waals surface area contributed by atoms with E-state index in [4.69, 9.17) is 16.3 Å². The fraction of sp³-hybridized carbons (Fsp3) is 0.529. The number of halogens is 2. The van der Waals surface area contributed by atoms with Crippen LogP contribution in [0.4, 0.5) is 4.39 Å². The van der Waals surface area contributed by atoms with Crippen LogP contribution in [0.1, 0.15) is 38.3 Å². The number of nitrogens with one attached hydrogen (secondary N) is 1. The monoisotopic (exact) mass is 356 g/mol. The predicted molar refractivity (Wildman–Crippen MR) is 91.0 cm³/mol. The van der Waals surface area contributed by atoms with Crippen molar-refractivity contribution in [3.63, 3.8) is 0 Å². The van der Waals surface area contributed by atoms with Crippen molar-refractivity contribution in [1.29, 1.82) is 0 Å². The summed E-state index contributed by atoms with van der Waals surface area (Å²) < 4.78 is 20.4. The third kappa shape index (κ3) is 3.87. The highest BCUT2D eigenvalue weighted by molar-refractivity contribution is 6.33. The first kappa shape index (κ1) is 18.7. The van der Waals surface area contributed by atoms with Crippen molar-refractivity contribution in [2.24, 2.45) is 16.4 Å². The van der Waals surface area contributed by atoms with E-state index in [1.807, 2.05) is 20.8 Å². The number of aryl methyl sites for hydroxylation is 1. The van der Waals surface area contributed by atoms with Crippen molar-refractivity contribution in [3.8, 4) is 5.75 Å². The molecule has 2 N–H and O–H groups in total. The van der Waals surface area contributed by atoms with E-state index in [0.29, 0.717) is 11.3 Å². The van der Waals surface area contributed by atoms with Gasteiger partial charge in [-0.05, 0) is 18.6 Å². The van der Waals surface area contributed by atoms with E-state index in [0.717, 1.165) is 0 Å². The second-order valence-corrected chi connectivity index (χ2v) is 7.32. The summed E-state index contributed by atoms with van der Waals surface area (Å²) in [6.45, 7) is 7.40. The highest BCUT2D eigenvalue weighted by atomic mass is 35.5. The van der Waals surface area contributed by atoms with Crippen LogP contribution in [0.25, 0.3) is 0 Å². The summed E-state index contributed by atoms with van der Waals surface area (Å²) in [6.07, 6.45) is 0.248. The maximum atomic E-state index is 14.7. The van der Waals surface area contributed by atoms with E-state index >= 15 is 0 Å². The Morgan fingerprint density at radius 2 is 2.21 bits per heavy atom. The van der Waals surface area contributed by atoms with Crippen LogP contribution in [0.5, 0.6) is 5.75 Å². The standard InChI is InChI=1S/C17H22ClFN2O3/c1-9-6-12(23)20-21-15(9)11-5-10(2)16(13(18)14(11)19)24-8-17(3,4)7-22/h5,9,22H,6-8H2,1-4H3,(H,20,23). The van der Waals surface area contributed by atoms with Crippen LogP contribution in [-0.4, -0.2) is 29.9 Å². The zero-order chi connectivity index (χ0) is 18.1. The zero-order valence-electron chi connectivity index (χ0n) is 14.2. The van der Waals surface area contributed by atoms with Gasteiger partial charge in [-0.15, -0.1) is 0 Å². The lowest BCUT2D eigenvalue weighted by atomic mass is 9.92. The van der Waals surface area contributed by atoms with Crippen molar-refractivity contribution in [2.45, 2.75) is 34.1 Å². The van der Waals surface area contributed by atoms with Gasteiger partial charge in [-0.1, -0.05) is 32.4 Å². The van der Waals surface area contributed by atoms with Gasteiger partial charge < -0.3 is 9.84 Å². The number of carbonyl (C=O) groups is 1. The van der Waals surface area contributed by atoms with E-state index in [1.165, 1.54) is 0 Å². The summed E-state index contributed by atoms with van der Waals surface area (Å²) in [5.41, 5.74) is 3.30. The van der Waals surface area contributed by atoms with Gasteiger partial charge in [0.15, 0.2) is 5.82 Å². The molecule has 0 bridgehead atoms. The molecule has 0 saturated heterocycles. The number of hydrazone groups is 1. The normalized spacial score (nSPS) is 18.2. The van der Waals surface area contributed by atoms with Crippen LogP contribution in [0.15, 0.2) is 11.2 Å². The van der Waals surface area contributed by atoms with Gasteiger partial charge in [0.05, 0.1) is 18.9 Å². The van der Waals surface area contributed by atoms with Crippen LogP contribution in [-0.2, 0) is 4.79 Å². The minimum atomic E-state index is -0.624. The first-order valence-electron chi connectivity index (χ1n) is 7.75. The molecule has 0 fully saturated rings. The molecule has 1 aromatic rings. The fourth-order valence-corrected chi connectivity index (χ4v) is 2.70. The molecule has 1 aliphatic rings. The Hall–Kier alpha value is -1.66. The van der Waals surface area contributed by atoms with Gasteiger partial charge in [-0.2, -0.15) is 5.10 Å². The Morgan fingerprint density at radius 1 is 1.54 bits per heavy atom. The lowest BCUT2D eigenvalue weighted by Crippen LogP contribution is -2.32. The molecule has 0 aliphatic carbocycles. The molecule has 24 heavy (non-hydrogen) atoms. The molecule has 1 unspecified atom stereocenters. The van der Waals surface area contributed by atoms with Crippen LogP contribution < -0.4 is 10.2 Å². The van der Waals surface area contributed by atoms with E-state index in [9.17, 15) is 14.3 Å². The van der Waals surface area contributed by atoms with Crippen molar-refractivity contribution >= 4 is 23.2 Å². The van der Waals surface area contributed by atoms with E-state index < -0.39 is 11.2 Å². The average Bonchev–Trinajstić information content (AvgIpc) is 2.51. The molecular formula is C17H22ClFN2O3. The van der Waals surface area contributed by atoms with Gasteiger partial charge in [0, 0.05) is 23.3 Å². The Bertz CT molecular complexity index is 689. The highest BCUT2D eigenvalue weighted by Gasteiger charge is 2.27. The number of aliphatic hydroxyl groups is 1. The van der Waals surface area contributed by atoms with E-state index in [-0.39, 0.29) is 47.8 Å². The predicted octanol–water partition coefficient (Wildman–Crippen LogP) is 3.04. The Balaban J connectivity index is 2.37. The minimum Gasteiger partial charge on any atom is -0.491 e. The summed E-state index contributed by atoms with van der Waals surface area (Å²) in [7, 11) is 0. The largest absolute Gasteiger partial charge is 0.491 e. The Labute approximate surface area is 145 Å². The molecule has 1 heterocycles. The molecule has 1 aromatic carbocycles. The second-order valence-electron chi connectivity index (χ2n) is 6.95. The van der Waals surface area contributed by atoms with Crippen LogP contribution in [0.2, 0.25) is 5.02 Å². The molecule has 1 aliphatic heterocycles. The van der Waals surface area contributed by atoms with Crippen molar-refractivity contribution in [1.82, 2.24) is 5.43 Å². The molecule has 1 amide bonds. The van der Waals surface area contributed by atoms with Gasteiger partial charge >= 0.3 is 0 Å². The number of hydrogen-bond acceptors (Lipinski definition) is 4. The van der Waals surface area contributed by atoms with Crippen molar-refractivity contribution in [3.05, 3.63) is 28.0 Å². The SMILES string of the molecule is Cc1cc(C2=NNC(=O)CC2C)c(F)c(Cl)c1OCC(C)(C)CO. The van der Waals surface area contributed by atoms with Crippen LogP contribution >= 0.6 is 11.6 Å². The van der Waals surface area contributed by atoms with Gasteiger partial charge in [-0.3, -0.25) is 4.79 Å². The number of nitrogens with zero attached hydrogens (tertiary/aromatic N) is 1. The number of aliphatic hydroxyl groups excluding tert-OH is 1. The van der Waals surface area contributed by atoms with Gasteiger partial charge in [0.2, 0.25) is 5.91 Å². The summed E-state index contributed by atoms with van der Waals surface area (Å²) in [5.74, 6) is -0.766. The molecule has 0 aromatic heterocycles. The number of benzene rings is 1. The number of carbonyl (C=O) groups excluding carboxylic acids is 1. The molecule has 0 radical (unpaired) electrons. The maximum Gasteiger partial charge on any atom is 0.240 e. The van der Waals surface area contributed by atoms with Crippen LogP contribution in [0, 0.1) is 24.1 Å². The topological polar surface area (TPSA) is 70.9 Å². The number of hydrogen-bond donors (Lipinski definition) is 2. The summed E-state index contributed by atoms with van der Waals surface area (Å²) in [5, 5.41) is 13.2. The quantitative estimate of drug-likeness (QED) is 0.851. The van der Waals surface area contributed by atoms with Crippen LogP contribution in [0.3, 0.4) is 0 Å². The summed E-state index contributed by atoms with van der Waals surface area (Å²) >= 11 is 6.17. The lowest BCUT2D eigenvalue weighted by Gasteiger charge is -2.24. The van der Waals surface area contributed by atoms with E-state index in [2.05, 4.69) is 10.5 Å². The molecule has 132 valence electrons. The van der Waals surface area contributed by atoms with Gasteiger partial charge in [-0.25, -0.2) is 9.82 Å². The summed E-state index contributed by atoms with van der Waals surface area (Å²) in [6, 6.07) is 1.62. The van der Waals surface area contributed by atoms with Gasteiger partial charge in [0.25, 0.3) is 0 Å². The minimum absolute atomic E-state index is 0.0573. The van der Waals surface area contributed by atoms with Crippen molar-refractivity contribution in [2.75, 3.05) is 13.2 Å². The number of amides is 1. The third-order valence-corrected chi connectivity index (χ3v) is 4.26. The third-order valence-electron chi connectivity index (χ3n) is 3.92. The molecular weight excluding hydrogens is 335 g/mol. The molecule has 1 atom stereocenters. The number of rotatable bonds is 5. The Kier molecular flexibility index (Phi) is 5.50.